The van der Waals surface area contributed by atoms with Gasteiger partial charge in [0.15, 0.2) is 0 Å². The number of nitrogens with one attached hydrogen (secondary N) is 2. The molecule has 1 saturated heterocycles. The van der Waals surface area contributed by atoms with Crippen molar-refractivity contribution in [1.82, 2.24) is 19.8 Å². The fourth-order valence-electron chi connectivity index (χ4n) is 2.68. The van der Waals surface area contributed by atoms with Crippen LogP contribution in [0, 0.1) is 0 Å². The van der Waals surface area contributed by atoms with E-state index >= 15 is 0 Å². The molecule has 2 heterocycles. The molecular weight excluding hydrogens is 304 g/mol. The second kappa shape index (κ2) is 5.69. The van der Waals surface area contributed by atoms with Crippen molar-refractivity contribution in [2.45, 2.75) is 18.9 Å². The molecule has 0 spiro atoms. The van der Waals surface area contributed by atoms with Gasteiger partial charge in [-0.25, -0.2) is 12.7 Å². The van der Waals surface area contributed by atoms with Gasteiger partial charge in [0.2, 0.25) is 10.0 Å². The van der Waals surface area contributed by atoms with Gasteiger partial charge in [0.1, 0.15) is 0 Å². The SMILES string of the molecule is CS(=O)(=O)N1CCC(NC(=O)c2ccc3[nH]ncc3c2)CC1. The lowest BCUT2D eigenvalue weighted by Crippen LogP contribution is -2.46. The third kappa shape index (κ3) is 3.12. The topological polar surface area (TPSA) is 95.2 Å². The van der Waals surface area contributed by atoms with E-state index in [1.165, 1.54) is 10.6 Å². The van der Waals surface area contributed by atoms with Gasteiger partial charge in [0.05, 0.1) is 18.0 Å². The average molecular weight is 322 g/mol. The van der Waals surface area contributed by atoms with Crippen LogP contribution in [0.25, 0.3) is 10.9 Å². The molecule has 8 heteroatoms. The molecule has 0 atom stereocenters. The minimum Gasteiger partial charge on any atom is -0.349 e. The van der Waals surface area contributed by atoms with Crippen LogP contribution in [0.15, 0.2) is 24.4 Å². The van der Waals surface area contributed by atoms with Crippen LogP contribution in [-0.4, -0.2) is 54.2 Å². The van der Waals surface area contributed by atoms with Gasteiger partial charge in [-0.05, 0) is 31.0 Å². The Balaban J connectivity index is 1.63. The zero-order chi connectivity index (χ0) is 15.7. The summed E-state index contributed by atoms with van der Waals surface area (Å²) in [7, 11) is -3.14. The van der Waals surface area contributed by atoms with Crippen molar-refractivity contribution in [2.24, 2.45) is 0 Å². The van der Waals surface area contributed by atoms with E-state index in [0.29, 0.717) is 31.5 Å². The van der Waals surface area contributed by atoms with Crippen molar-refractivity contribution < 1.29 is 13.2 Å². The number of sulfonamides is 1. The zero-order valence-corrected chi connectivity index (χ0v) is 13.1. The number of benzene rings is 1. The number of carbonyl (C=O) groups is 1. The van der Waals surface area contributed by atoms with Crippen LogP contribution in [0.3, 0.4) is 0 Å². The first-order valence-electron chi connectivity index (χ1n) is 7.12. The molecule has 2 N–H and O–H groups in total. The highest BCUT2D eigenvalue weighted by Gasteiger charge is 2.25. The van der Waals surface area contributed by atoms with E-state index in [1.54, 1.807) is 18.3 Å². The predicted molar refractivity (Wildman–Crippen MR) is 83.0 cm³/mol. The summed E-state index contributed by atoms with van der Waals surface area (Å²) in [6.07, 6.45) is 4.16. The van der Waals surface area contributed by atoms with Crippen LogP contribution < -0.4 is 5.32 Å². The van der Waals surface area contributed by atoms with E-state index in [2.05, 4.69) is 15.5 Å². The molecule has 22 heavy (non-hydrogen) atoms. The number of aromatic amines is 1. The molecule has 1 fully saturated rings. The zero-order valence-electron chi connectivity index (χ0n) is 12.2. The Kier molecular flexibility index (Phi) is 3.88. The summed E-state index contributed by atoms with van der Waals surface area (Å²) >= 11 is 0. The molecular formula is C14H18N4O3S. The van der Waals surface area contributed by atoms with Crippen LogP contribution in [0.5, 0.6) is 0 Å². The van der Waals surface area contributed by atoms with Crippen molar-refractivity contribution in [2.75, 3.05) is 19.3 Å². The Bertz CT molecular complexity index is 791. The maximum Gasteiger partial charge on any atom is 0.251 e. The minimum absolute atomic E-state index is 0.00514. The molecule has 1 aliphatic rings. The number of aromatic nitrogens is 2. The molecule has 118 valence electrons. The highest BCUT2D eigenvalue weighted by atomic mass is 32.2. The van der Waals surface area contributed by atoms with Gasteiger partial charge < -0.3 is 5.32 Å². The second-order valence-electron chi connectivity index (χ2n) is 5.58. The molecule has 0 radical (unpaired) electrons. The Hall–Kier alpha value is -1.93. The third-order valence-corrected chi connectivity index (χ3v) is 5.26. The molecule has 0 bridgehead atoms. The monoisotopic (exact) mass is 322 g/mol. The Morgan fingerprint density at radius 3 is 2.77 bits per heavy atom. The summed E-state index contributed by atoms with van der Waals surface area (Å²) in [5.41, 5.74) is 1.47. The molecule has 1 amide bonds. The van der Waals surface area contributed by atoms with Crippen LogP contribution >= 0.6 is 0 Å². The van der Waals surface area contributed by atoms with Crippen LogP contribution in [0.1, 0.15) is 23.2 Å². The number of nitrogens with zero attached hydrogens (tertiary/aromatic N) is 2. The summed E-state index contributed by atoms with van der Waals surface area (Å²) in [6, 6.07) is 5.37. The molecule has 2 aromatic rings. The van der Waals surface area contributed by atoms with Gasteiger partial charge >= 0.3 is 0 Å². The normalized spacial score (nSPS) is 17.7. The Morgan fingerprint density at radius 2 is 2.09 bits per heavy atom. The summed E-state index contributed by atoms with van der Waals surface area (Å²) in [5, 5.41) is 10.6. The summed E-state index contributed by atoms with van der Waals surface area (Å²) < 4.78 is 24.4. The first kappa shape index (κ1) is 15.0. The smallest absolute Gasteiger partial charge is 0.251 e. The van der Waals surface area contributed by atoms with E-state index in [-0.39, 0.29) is 11.9 Å². The Labute approximate surface area is 128 Å². The number of fused-ring (bicyclic) bond motifs is 1. The van der Waals surface area contributed by atoms with Crippen molar-refractivity contribution in [3.63, 3.8) is 0 Å². The number of H-pyrrole nitrogens is 1. The number of piperidine rings is 1. The number of hydrogen-bond acceptors (Lipinski definition) is 4. The molecule has 1 aromatic carbocycles. The van der Waals surface area contributed by atoms with Crippen LogP contribution in [-0.2, 0) is 10.0 Å². The van der Waals surface area contributed by atoms with Crippen molar-refractivity contribution in [3.05, 3.63) is 30.0 Å². The molecule has 0 aliphatic carbocycles. The molecule has 7 nitrogen and oxygen atoms in total. The quantitative estimate of drug-likeness (QED) is 0.870. The highest BCUT2D eigenvalue weighted by Crippen LogP contribution is 2.16. The molecule has 3 rings (SSSR count). The first-order chi connectivity index (χ1) is 10.4. The first-order valence-corrected chi connectivity index (χ1v) is 8.97. The standard InChI is InChI=1S/C14H18N4O3S/c1-22(20,21)18-6-4-12(5-7-18)16-14(19)10-2-3-13-11(8-10)9-15-17-13/h2-3,8-9,12H,4-7H2,1H3,(H,15,17)(H,16,19). The lowest BCUT2D eigenvalue weighted by atomic mass is 10.1. The minimum atomic E-state index is -3.14. The second-order valence-corrected chi connectivity index (χ2v) is 7.56. The number of hydrogen-bond donors (Lipinski definition) is 2. The van der Waals surface area contributed by atoms with Gasteiger partial charge in [0.25, 0.3) is 5.91 Å². The maximum atomic E-state index is 12.3. The molecule has 0 saturated carbocycles. The lowest BCUT2D eigenvalue weighted by Gasteiger charge is -2.30. The summed E-state index contributed by atoms with van der Waals surface area (Å²) in [4.78, 5) is 12.3. The van der Waals surface area contributed by atoms with Gasteiger partial charge in [0, 0.05) is 30.1 Å². The van der Waals surface area contributed by atoms with Crippen LogP contribution in [0.2, 0.25) is 0 Å². The average Bonchev–Trinajstić information content (AvgIpc) is 2.94. The van der Waals surface area contributed by atoms with E-state index < -0.39 is 10.0 Å². The maximum absolute atomic E-state index is 12.3. The highest BCUT2D eigenvalue weighted by molar-refractivity contribution is 7.88. The fourth-order valence-corrected chi connectivity index (χ4v) is 3.56. The van der Waals surface area contributed by atoms with Gasteiger partial charge in [-0.2, -0.15) is 5.10 Å². The van der Waals surface area contributed by atoms with E-state index in [0.717, 1.165) is 10.9 Å². The number of amides is 1. The van der Waals surface area contributed by atoms with Gasteiger partial charge in [-0.15, -0.1) is 0 Å². The molecule has 0 unspecified atom stereocenters. The molecule has 1 aliphatic heterocycles. The van der Waals surface area contributed by atoms with Crippen molar-refractivity contribution >= 4 is 26.8 Å². The Morgan fingerprint density at radius 1 is 1.36 bits per heavy atom. The van der Waals surface area contributed by atoms with E-state index in [4.69, 9.17) is 0 Å². The van der Waals surface area contributed by atoms with Crippen LogP contribution in [0.4, 0.5) is 0 Å². The summed E-state index contributed by atoms with van der Waals surface area (Å²) in [6.45, 7) is 0.898. The van der Waals surface area contributed by atoms with Gasteiger partial charge in [-0.1, -0.05) is 0 Å². The lowest BCUT2D eigenvalue weighted by molar-refractivity contribution is 0.0924. The number of carbonyl (C=O) groups excluding carboxylic acids is 1. The third-order valence-electron chi connectivity index (χ3n) is 3.96. The summed E-state index contributed by atoms with van der Waals surface area (Å²) in [5.74, 6) is -0.138. The van der Waals surface area contributed by atoms with Crippen molar-refractivity contribution in [3.8, 4) is 0 Å². The fraction of sp³-hybridized carbons (Fsp3) is 0.429. The van der Waals surface area contributed by atoms with Crippen molar-refractivity contribution in [1.29, 1.82) is 0 Å². The number of rotatable bonds is 3. The molecule has 1 aromatic heterocycles. The van der Waals surface area contributed by atoms with E-state index in [9.17, 15) is 13.2 Å². The predicted octanol–water partition coefficient (Wildman–Crippen LogP) is 0.717. The van der Waals surface area contributed by atoms with E-state index in [1.807, 2.05) is 6.07 Å². The van der Waals surface area contributed by atoms with Gasteiger partial charge in [-0.3, -0.25) is 9.89 Å². The largest absolute Gasteiger partial charge is 0.349 e.